The van der Waals surface area contributed by atoms with Gasteiger partial charge in [0.1, 0.15) is 0 Å². The second-order valence-electron chi connectivity index (χ2n) is 6.83. The standard InChI is InChI=1S/C14H15N3O2.C8H10N2O.C2H6N2/c1-2-13(18)17-8-7-11(9-17)10-3-5-12(6-4-10)16-14(15)19;1-10-8(11)6-2-4-7(9)5-3-6;1-4-2-3/h2-7H,1,8-9H2,(H3,15,16,19);2-5H,9H2,1H3,(H,10,11);2H,1H3,(H2,3,4). The van der Waals surface area contributed by atoms with Crippen molar-refractivity contribution < 1.29 is 14.4 Å². The summed E-state index contributed by atoms with van der Waals surface area (Å²) in [5, 5.41) is 5.02. The molecule has 0 fully saturated rings. The Morgan fingerprint density at radius 3 is 2.15 bits per heavy atom. The van der Waals surface area contributed by atoms with Crippen LogP contribution in [0.2, 0.25) is 0 Å². The van der Waals surface area contributed by atoms with Gasteiger partial charge in [0.15, 0.2) is 0 Å². The molecule has 0 saturated heterocycles. The molecular weight excluding hydrogens is 434 g/mol. The summed E-state index contributed by atoms with van der Waals surface area (Å²) in [4.78, 5) is 38.3. The minimum absolute atomic E-state index is 0.0711. The van der Waals surface area contributed by atoms with Crippen LogP contribution < -0.4 is 27.8 Å². The number of aliphatic imine (C=N–C) groups is 1. The van der Waals surface area contributed by atoms with E-state index >= 15 is 0 Å². The summed E-state index contributed by atoms with van der Waals surface area (Å²) >= 11 is 0. The highest BCUT2D eigenvalue weighted by atomic mass is 16.2. The SMILES string of the molecule is C=CC(=O)N1CC=C(c2ccc(NC(N)=O)cc2)C1.CN=CN.CNC(=O)c1ccc(N)cc1. The molecule has 0 saturated carbocycles. The second kappa shape index (κ2) is 14.5. The largest absolute Gasteiger partial charge is 0.399 e. The van der Waals surface area contributed by atoms with Gasteiger partial charge in [-0.1, -0.05) is 24.8 Å². The van der Waals surface area contributed by atoms with E-state index in [4.69, 9.17) is 17.2 Å². The third-order valence-electron chi connectivity index (χ3n) is 4.48. The number of hydrogen-bond acceptors (Lipinski definition) is 5. The summed E-state index contributed by atoms with van der Waals surface area (Å²) in [6, 6.07) is 13.5. The minimum atomic E-state index is -0.587. The summed E-state index contributed by atoms with van der Waals surface area (Å²) in [6.07, 6.45) is 4.58. The fourth-order valence-electron chi connectivity index (χ4n) is 2.75. The number of nitrogens with zero attached hydrogens (tertiary/aromatic N) is 2. The molecule has 2 aromatic carbocycles. The van der Waals surface area contributed by atoms with Gasteiger partial charge in [-0.2, -0.15) is 0 Å². The van der Waals surface area contributed by atoms with E-state index in [1.54, 1.807) is 55.4 Å². The Morgan fingerprint density at radius 2 is 1.68 bits per heavy atom. The highest BCUT2D eigenvalue weighted by molar-refractivity contribution is 5.94. The lowest BCUT2D eigenvalue weighted by molar-refractivity contribution is -0.124. The molecule has 34 heavy (non-hydrogen) atoms. The molecule has 4 amide bonds. The van der Waals surface area contributed by atoms with Crippen LogP contribution in [0.1, 0.15) is 15.9 Å². The lowest BCUT2D eigenvalue weighted by Gasteiger charge is -2.14. The first kappa shape index (κ1) is 27.4. The summed E-state index contributed by atoms with van der Waals surface area (Å²) in [5.41, 5.74) is 19.3. The number of hydrogen-bond donors (Lipinski definition) is 5. The number of nitrogens with one attached hydrogen (secondary N) is 2. The Hall–Kier alpha value is -4.60. The summed E-state index contributed by atoms with van der Waals surface area (Å²) in [7, 11) is 3.22. The van der Waals surface area contributed by atoms with Gasteiger partial charge in [0, 0.05) is 44.1 Å². The number of carbonyl (C=O) groups excluding carboxylic acids is 3. The van der Waals surface area contributed by atoms with Crippen molar-refractivity contribution >= 4 is 41.1 Å². The first-order chi connectivity index (χ1) is 16.2. The first-order valence-corrected chi connectivity index (χ1v) is 10.2. The molecule has 0 radical (unpaired) electrons. The van der Waals surface area contributed by atoms with Gasteiger partial charge in [0.2, 0.25) is 5.91 Å². The number of benzene rings is 2. The van der Waals surface area contributed by atoms with Crippen LogP contribution in [-0.4, -0.2) is 56.3 Å². The van der Waals surface area contributed by atoms with Gasteiger partial charge >= 0.3 is 6.03 Å². The molecule has 0 spiro atoms. The number of primary amides is 1. The maximum absolute atomic E-state index is 11.5. The zero-order chi connectivity index (χ0) is 25.5. The normalized spacial score (nSPS) is 11.8. The zero-order valence-corrected chi connectivity index (χ0v) is 19.3. The van der Waals surface area contributed by atoms with Gasteiger partial charge < -0.3 is 32.7 Å². The van der Waals surface area contributed by atoms with Crippen molar-refractivity contribution in [2.75, 3.05) is 38.2 Å². The van der Waals surface area contributed by atoms with Crippen LogP contribution in [0, 0.1) is 0 Å². The van der Waals surface area contributed by atoms with E-state index in [-0.39, 0.29) is 11.8 Å². The number of nitrogen functional groups attached to an aromatic ring is 1. The van der Waals surface area contributed by atoms with E-state index in [0.29, 0.717) is 30.0 Å². The van der Waals surface area contributed by atoms with Gasteiger partial charge in [0.25, 0.3) is 5.91 Å². The average molecular weight is 466 g/mol. The van der Waals surface area contributed by atoms with Crippen molar-refractivity contribution in [2.24, 2.45) is 16.5 Å². The monoisotopic (exact) mass is 465 g/mol. The molecule has 2 aromatic rings. The quantitative estimate of drug-likeness (QED) is 0.200. The predicted molar refractivity (Wildman–Crippen MR) is 137 cm³/mol. The summed E-state index contributed by atoms with van der Waals surface area (Å²) in [6.45, 7) is 4.65. The van der Waals surface area contributed by atoms with Crippen molar-refractivity contribution in [3.63, 3.8) is 0 Å². The molecule has 3 rings (SSSR count). The van der Waals surface area contributed by atoms with Crippen LogP contribution >= 0.6 is 0 Å². The Bertz CT molecular complexity index is 1030. The highest BCUT2D eigenvalue weighted by Gasteiger charge is 2.18. The lowest BCUT2D eigenvalue weighted by Crippen LogP contribution is -2.26. The Labute approximate surface area is 199 Å². The predicted octanol–water partition coefficient (Wildman–Crippen LogP) is 1.82. The van der Waals surface area contributed by atoms with Crippen molar-refractivity contribution in [1.82, 2.24) is 10.2 Å². The van der Waals surface area contributed by atoms with E-state index in [1.165, 1.54) is 12.4 Å². The van der Waals surface area contributed by atoms with Crippen LogP contribution in [0.4, 0.5) is 16.2 Å². The molecule has 1 aliphatic rings. The summed E-state index contributed by atoms with van der Waals surface area (Å²) < 4.78 is 0. The molecule has 1 aliphatic heterocycles. The molecule has 8 N–H and O–H groups in total. The zero-order valence-electron chi connectivity index (χ0n) is 19.3. The third-order valence-corrected chi connectivity index (χ3v) is 4.48. The Balaban J connectivity index is 0.000000325. The van der Waals surface area contributed by atoms with Gasteiger partial charge in [0.05, 0.1) is 6.34 Å². The smallest absolute Gasteiger partial charge is 0.316 e. The molecule has 0 aliphatic carbocycles. The molecular formula is C24H31N7O3. The summed E-state index contributed by atoms with van der Waals surface area (Å²) in [5.74, 6) is -0.164. The van der Waals surface area contributed by atoms with E-state index in [9.17, 15) is 14.4 Å². The van der Waals surface area contributed by atoms with Crippen molar-refractivity contribution in [3.05, 3.63) is 78.4 Å². The van der Waals surface area contributed by atoms with Crippen molar-refractivity contribution in [3.8, 4) is 0 Å². The second-order valence-corrected chi connectivity index (χ2v) is 6.83. The molecule has 10 nitrogen and oxygen atoms in total. The van der Waals surface area contributed by atoms with Crippen LogP contribution in [-0.2, 0) is 4.79 Å². The molecule has 0 atom stereocenters. The fourth-order valence-corrected chi connectivity index (χ4v) is 2.75. The van der Waals surface area contributed by atoms with E-state index < -0.39 is 6.03 Å². The van der Waals surface area contributed by atoms with Gasteiger partial charge in [-0.25, -0.2) is 4.79 Å². The van der Waals surface area contributed by atoms with Crippen molar-refractivity contribution in [2.45, 2.75) is 0 Å². The third kappa shape index (κ3) is 9.27. The van der Waals surface area contributed by atoms with E-state index in [0.717, 1.165) is 11.1 Å². The first-order valence-electron chi connectivity index (χ1n) is 10.2. The van der Waals surface area contributed by atoms with Crippen LogP contribution in [0.25, 0.3) is 5.57 Å². The van der Waals surface area contributed by atoms with Gasteiger partial charge in [-0.15, -0.1) is 0 Å². The average Bonchev–Trinajstić information content (AvgIpc) is 3.34. The van der Waals surface area contributed by atoms with Gasteiger partial charge in [-0.05, 0) is 53.6 Å². The number of amides is 4. The Morgan fingerprint density at radius 1 is 1.09 bits per heavy atom. The number of rotatable bonds is 4. The van der Waals surface area contributed by atoms with Gasteiger partial charge in [-0.3, -0.25) is 14.6 Å². The molecule has 0 unspecified atom stereocenters. The van der Waals surface area contributed by atoms with Crippen LogP contribution in [0.3, 0.4) is 0 Å². The molecule has 1 heterocycles. The van der Waals surface area contributed by atoms with Crippen LogP contribution in [0.5, 0.6) is 0 Å². The van der Waals surface area contributed by atoms with E-state index in [2.05, 4.69) is 22.2 Å². The highest BCUT2D eigenvalue weighted by Crippen LogP contribution is 2.22. The van der Waals surface area contributed by atoms with E-state index in [1.807, 2.05) is 18.2 Å². The molecule has 180 valence electrons. The minimum Gasteiger partial charge on any atom is -0.399 e. The number of nitrogens with two attached hydrogens (primary N) is 3. The molecule has 0 bridgehead atoms. The molecule has 0 aromatic heterocycles. The number of anilines is 2. The fraction of sp³-hybridized carbons (Fsp3) is 0.167. The van der Waals surface area contributed by atoms with Crippen molar-refractivity contribution in [1.29, 1.82) is 0 Å². The van der Waals surface area contributed by atoms with Crippen LogP contribution in [0.15, 0.2) is 72.3 Å². The molecule has 10 heteroatoms. The topological polar surface area (TPSA) is 169 Å². The Kier molecular flexibility index (Phi) is 11.7. The lowest BCUT2D eigenvalue weighted by atomic mass is 10.1. The number of urea groups is 1. The maximum atomic E-state index is 11.5. The maximum Gasteiger partial charge on any atom is 0.316 e. The number of carbonyl (C=O) groups is 3.